The van der Waals surface area contributed by atoms with Gasteiger partial charge < -0.3 is 10.5 Å². The van der Waals surface area contributed by atoms with Crippen LogP contribution in [0.2, 0.25) is 0 Å². The monoisotopic (exact) mass is 241 g/mol. The molecule has 1 saturated carbocycles. The zero-order valence-corrected chi connectivity index (χ0v) is 10.5. The van der Waals surface area contributed by atoms with Gasteiger partial charge in [0, 0.05) is 25.0 Å². The molecule has 1 saturated heterocycles. The number of amides is 1. The fraction of sp³-hybridized carbons (Fsp3) is 0.917. The second-order valence-electron chi connectivity index (χ2n) is 5.23. The normalized spacial score (nSPS) is 35.5. The van der Waals surface area contributed by atoms with E-state index in [9.17, 15) is 4.79 Å². The highest BCUT2D eigenvalue weighted by Gasteiger charge is 2.31. The predicted octanol–water partition coefficient (Wildman–Crippen LogP) is 0.113. The van der Waals surface area contributed by atoms with Crippen molar-refractivity contribution in [1.29, 1.82) is 0 Å². The Hall–Kier alpha value is -0.650. The Morgan fingerprint density at radius 1 is 1.35 bits per heavy atom. The molecule has 0 aromatic carbocycles. The minimum Gasteiger partial charge on any atom is -0.379 e. The van der Waals surface area contributed by atoms with E-state index >= 15 is 0 Å². The van der Waals surface area contributed by atoms with E-state index in [0.29, 0.717) is 19.1 Å². The van der Waals surface area contributed by atoms with Crippen LogP contribution in [0.4, 0.5) is 0 Å². The molecule has 2 rings (SSSR count). The highest BCUT2D eigenvalue weighted by molar-refractivity contribution is 5.78. The fourth-order valence-corrected chi connectivity index (χ4v) is 2.74. The zero-order valence-electron chi connectivity index (χ0n) is 10.5. The molecule has 0 aromatic heterocycles. The van der Waals surface area contributed by atoms with Crippen LogP contribution in [0.15, 0.2) is 0 Å². The van der Waals surface area contributed by atoms with Crippen LogP contribution < -0.4 is 11.2 Å². The van der Waals surface area contributed by atoms with Crippen molar-refractivity contribution in [3.8, 4) is 0 Å². The van der Waals surface area contributed by atoms with Gasteiger partial charge in [0.15, 0.2) is 0 Å². The average Bonchev–Trinajstić information content (AvgIpc) is 2.30. The summed E-state index contributed by atoms with van der Waals surface area (Å²) >= 11 is 0. The minimum atomic E-state index is 0.123. The second kappa shape index (κ2) is 5.80. The number of hydrogen-bond acceptors (Lipinski definition) is 4. The van der Waals surface area contributed by atoms with Crippen LogP contribution in [0.25, 0.3) is 0 Å². The van der Waals surface area contributed by atoms with Crippen molar-refractivity contribution >= 4 is 5.91 Å². The lowest BCUT2D eigenvalue weighted by molar-refractivity contribution is -0.134. The number of carbonyl (C=O) groups is 1. The summed E-state index contributed by atoms with van der Waals surface area (Å²) in [6.07, 6.45) is 2.84. The van der Waals surface area contributed by atoms with Gasteiger partial charge in [-0.15, -0.1) is 0 Å². The van der Waals surface area contributed by atoms with Crippen LogP contribution in [0, 0.1) is 11.8 Å². The summed E-state index contributed by atoms with van der Waals surface area (Å²) in [5.41, 5.74) is 8.92. The van der Waals surface area contributed by atoms with Gasteiger partial charge in [0.1, 0.15) is 0 Å². The van der Waals surface area contributed by atoms with Gasteiger partial charge in [0.05, 0.1) is 13.2 Å². The first-order chi connectivity index (χ1) is 8.16. The van der Waals surface area contributed by atoms with E-state index in [1.165, 1.54) is 0 Å². The maximum absolute atomic E-state index is 12.1. The first kappa shape index (κ1) is 12.8. The van der Waals surface area contributed by atoms with Gasteiger partial charge >= 0.3 is 0 Å². The molecule has 1 heterocycles. The van der Waals surface area contributed by atoms with Crippen molar-refractivity contribution in [3.63, 3.8) is 0 Å². The van der Waals surface area contributed by atoms with E-state index in [4.69, 9.17) is 10.5 Å². The molecule has 0 bridgehead atoms. The van der Waals surface area contributed by atoms with E-state index < -0.39 is 0 Å². The first-order valence-corrected chi connectivity index (χ1v) is 6.55. The summed E-state index contributed by atoms with van der Waals surface area (Å²) in [4.78, 5) is 12.1. The van der Waals surface area contributed by atoms with Crippen LogP contribution in [0.3, 0.4) is 0 Å². The Kier molecular flexibility index (Phi) is 4.36. The van der Waals surface area contributed by atoms with Gasteiger partial charge in [0.2, 0.25) is 5.91 Å². The van der Waals surface area contributed by atoms with Crippen molar-refractivity contribution in [2.24, 2.45) is 17.6 Å². The zero-order chi connectivity index (χ0) is 12.3. The van der Waals surface area contributed by atoms with Crippen molar-refractivity contribution in [3.05, 3.63) is 0 Å². The standard InChI is InChI=1S/C12H23N3O2/c1-9-8-10(13)2-3-11(9)12(16)14-15-4-6-17-7-5-15/h9-11H,2-8,13H2,1H3,(H,14,16). The Labute approximate surface area is 103 Å². The van der Waals surface area contributed by atoms with Gasteiger partial charge in [-0.25, -0.2) is 5.01 Å². The van der Waals surface area contributed by atoms with Gasteiger partial charge in [-0.2, -0.15) is 0 Å². The number of rotatable bonds is 2. The molecular formula is C12H23N3O2. The third-order valence-corrected chi connectivity index (χ3v) is 3.83. The number of nitrogens with one attached hydrogen (secondary N) is 1. The van der Waals surface area contributed by atoms with Gasteiger partial charge in [-0.3, -0.25) is 10.2 Å². The van der Waals surface area contributed by atoms with E-state index in [2.05, 4.69) is 12.3 Å². The van der Waals surface area contributed by atoms with Crippen LogP contribution in [-0.4, -0.2) is 43.3 Å². The highest BCUT2D eigenvalue weighted by atomic mass is 16.5. The van der Waals surface area contributed by atoms with Crippen LogP contribution in [0.1, 0.15) is 26.2 Å². The molecule has 3 N–H and O–H groups in total. The Morgan fingerprint density at radius 2 is 2.06 bits per heavy atom. The van der Waals surface area contributed by atoms with Gasteiger partial charge in [-0.1, -0.05) is 6.92 Å². The Balaban J connectivity index is 1.82. The van der Waals surface area contributed by atoms with Crippen molar-refractivity contribution in [2.45, 2.75) is 32.2 Å². The average molecular weight is 241 g/mol. The highest BCUT2D eigenvalue weighted by Crippen LogP contribution is 2.29. The van der Waals surface area contributed by atoms with Gasteiger partial charge in [0.25, 0.3) is 0 Å². The number of nitrogens with zero attached hydrogens (tertiary/aromatic N) is 1. The molecule has 1 aliphatic heterocycles. The summed E-state index contributed by atoms with van der Waals surface area (Å²) in [5, 5.41) is 1.97. The summed E-state index contributed by atoms with van der Waals surface area (Å²) in [7, 11) is 0. The predicted molar refractivity (Wildman–Crippen MR) is 65.0 cm³/mol. The molecule has 5 heteroatoms. The van der Waals surface area contributed by atoms with Crippen molar-refractivity contribution in [1.82, 2.24) is 10.4 Å². The van der Waals surface area contributed by atoms with E-state index in [0.717, 1.165) is 32.4 Å². The molecule has 17 heavy (non-hydrogen) atoms. The molecule has 1 amide bonds. The Morgan fingerprint density at radius 3 is 2.71 bits per heavy atom. The van der Waals surface area contributed by atoms with Crippen LogP contribution in [0.5, 0.6) is 0 Å². The summed E-state index contributed by atoms with van der Waals surface area (Å²) in [6.45, 7) is 5.10. The molecule has 98 valence electrons. The molecule has 5 nitrogen and oxygen atoms in total. The minimum absolute atomic E-state index is 0.123. The number of hydrogen-bond donors (Lipinski definition) is 2. The second-order valence-corrected chi connectivity index (χ2v) is 5.23. The molecule has 0 aromatic rings. The van der Waals surface area contributed by atoms with Crippen molar-refractivity contribution in [2.75, 3.05) is 26.3 Å². The van der Waals surface area contributed by atoms with E-state index in [1.807, 2.05) is 5.01 Å². The quantitative estimate of drug-likeness (QED) is 0.720. The molecule has 2 aliphatic rings. The number of ether oxygens (including phenoxy) is 1. The summed E-state index contributed by atoms with van der Waals surface area (Å²) < 4.78 is 5.25. The van der Waals surface area contributed by atoms with E-state index in [1.54, 1.807) is 0 Å². The lowest BCUT2D eigenvalue weighted by Gasteiger charge is -2.34. The molecule has 2 fully saturated rings. The lowest BCUT2D eigenvalue weighted by Crippen LogP contribution is -2.51. The molecular weight excluding hydrogens is 218 g/mol. The van der Waals surface area contributed by atoms with Crippen LogP contribution in [-0.2, 0) is 9.53 Å². The van der Waals surface area contributed by atoms with Gasteiger partial charge in [-0.05, 0) is 25.2 Å². The maximum atomic E-state index is 12.1. The molecule has 0 radical (unpaired) electrons. The van der Waals surface area contributed by atoms with E-state index in [-0.39, 0.29) is 17.9 Å². The molecule has 3 unspecified atom stereocenters. The number of nitrogens with two attached hydrogens (primary N) is 1. The molecule has 1 aliphatic carbocycles. The molecule has 3 atom stereocenters. The molecule has 0 spiro atoms. The third kappa shape index (κ3) is 3.40. The largest absolute Gasteiger partial charge is 0.379 e. The Bertz CT molecular complexity index is 266. The summed E-state index contributed by atoms with van der Waals surface area (Å²) in [6, 6.07) is 0.275. The van der Waals surface area contributed by atoms with Crippen LogP contribution >= 0.6 is 0 Å². The topological polar surface area (TPSA) is 67.6 Å². The first-order valence-electron chi connectivity index (χ1n) is 6.55. The number of carbonyl (C=O) groups excluding carboxylic acids is 1. The number of hydrazine groups is 1. The smallest absolute Gasteiger partial charge is 0.237 e. The number of morpholine rings is 1. The third-order valence-electron chi connectivity index (χ3n) is 3.83. The van der Waals surface area contributed by atoms with Crippen molar-refractivity contribution < 1.29 is 9.53 Å². The lowest BCUT2D eigenvalue weighted by atomic mass is 9.78. The maximum Gasteiger partial charge on any atom is 0.237 e. The summed E-state index contributed by atoms with van der Waals surface area (Å²) in [5.74, 6) is 0.670. The SMILES string of the molecule is CC1CC(N)CCC1C(=O)NN1CCOCC1. The fourth-order valence-electron chi connectivity index (χ4n) is 2.74.